The van der Waals surface area contributed by atoms with Gasteiger partial charge in [0.15, 0.2) is 0 Å². The maximum absolute atomic E-state index is 13.5. The Labute approximate surface area is 105 Å². The van der Waals surface area contributed by atoms with Crippen LogP contribution in [0.4, 0.5) is 8.78 Å². The smallest absolute Gasteiger partial charge is 0.129 e. The van der Waals surface area contributed by atoms with Crippen molar-refractivity contribution in [2.24, 2.45) is 5.92 Å². The third-order valence-corrected chi connectivity index (χ3v) is 3.72. The summed E-state index contributed by atoms with van der Waals surface area (Å²) in [4.78, 5) is 0. The highest BCUT2D eigenvalue weighted by molar-refractivity contribution is 6.20. The second-order valence-corrected chi connectivity index (χ2v) is 4.97. The van der Waals surface area contributed by atoms with Gasteiger partial charge in [-0.1, -0.05) is 6.07 Å². The van der Waals surface area contributed by atoms with Crippen LogP contribution in [0.2, 0.25) is 0 Å². The van der Waals surface area contributed by atoms with Gasteiger partial charge in [-0.05, 0) is 36.8 Å². The van der Waals surface area contributed by atoms with Gasteiger partial charge in [-0.25, -0.2) is 8.78 Å². The zero-order valence-electron chi connectivity index (χ0n) is 9.46. The summed E-state index contributed by atoms with van der Waals surface area (Å²) in [5, 5.41) is -0.112. The molecule has 0 N–H and O–H groups in total. The van der Waals surface area contributed by atoms with Crippen LogP contribution in [0.15, 0.2) is 18.2 Å². The molecule has 0 saturated carbocycles. The fourth-order valence-corrected chi connectivity index (χ4v) is 2.56. The molecule has 1 aliphatic rings. The van der Waals surface area contributed by atoms with Gasteiger partial charge < -0.3 is 4.74 Å². The molecular weight excluding hydrogens is 246 g/mol. The Hall–Kier alpha value is -0.670. The fourth-order valence-electron chi connectivity index (χ4n) is 2.14. The summed E-state index contributed by atoms with van der Waals surface area (Å²) in [6.07, 6.45) is 2.27. The Morgan fingerprint density at radius 3 is 2.65 bits per heavy atom. The zero-order chi connectivity index (χ0) is 12.3. The molecule has 1 atom stereocenters. The summed E-state index contributed by atoms with van der Waals surface area (Å²) in [5.41, 5.74) is 0.484. The Kier molecular flexibility index (Phi) is 4.35. The SMILES string of the molecule is Fc1ccc(CC(Cl)C2CCOCC2)c(F)c1. The highest BCUT2D eigenvalue weighted by atomic mass is 35.5. The maximum Gasteiger partial charge on any atom is 0.129 e. The van der Waals surface area contributed by atoms with E-state index < -0.39 is 11.6 Å². The summed E-state index contributed by atoms with van der Waals surface area (Å²) in [6.45, 7) is 1.44. The predicted octanol–water partition coefficient (Wildman–Crippen LogP) is 3.54. The molecule has 0 aromatic heterocycles. The van der Waals surface area contributed by atoms with E-state index in [0.29, 0.717) is 17.9 Å². The molecule has 1 aromatic rings. The third-order valence-electron chi connectivity index (χ3n) is 3.21. The van der Waals surface area contributed by atoms with Crippen LogP contribution in [0.5, 0.6) is 0 Å². The molecule has 1 heterocycles. The Morgan fingerprint density at radius 2 is 2.00 bits per heavy atom. The average molecular weight is 261 g/mol. The number of halogens is 3. The van der Waals surface area contributed by atoms with E-state index in [9.17, 15) is 8.78 Å². The second kappa shape index (κ2) is 5.78. The molecule has 1 aromatic carbocycles. The van der Waals surface area contributed by atoms with Crippen LogP contribution < -0.4 is 0 Å². The van der Waals surface area contributed by atoms with Gasteiger partial charge >= 0.3 is 0 Å². The minimum Gasteiger partial charge on any atom is -0.381 e. The van der Waals surface area contributed by atoms with Crippen molar-refractivity contribution in [2.75, 3.05) is 13.2 Å². The van der Waals surface area contributed by atoms with Crippen molar-refractivity contribution in [3.05, 3.63) is 35.4 Å². The lowest BCUT2D eigenvalue weighted by Gasteiger charge is -2.26. The monoisotopic (exact) mass is 260 g/mol. The lowest BCUT2D eigenvalue weighted by molar-refractivity contribution is 0.0650. The summed E-state index contributed by atoms with van der Waals surface area (Å²) in [5.74, 6) is -0.707. The molecule has 94 valence electrons. The molecule has 1 nitrogen and oxygen atoms in total. The van der Waals surface area contributed by atoms with E-state index >= 15 is 0 Å². The van der Waals surface area contributed by atoms with Crippen molar-refractivity contribution in [3.8, 4) is 0 Å². The molecular formula is C13H15ClF2O. The van der Waals surface area contributed by atoms with E-state index in [0.717, 1.165) is 32.1 Å². The van der Waals surface area contributed by atoms with Crippen molar-refractivity contribution in [2.45, 2.75) is 24.6 Å². The standard InChI is InChI=1S/C13H15ClF2O/c14-12(9-3-5-17-6-4-9)7-10-1-2-11(15)8-13(10)16/h1-2,8-9,12H,3-7H2. The van der Waals surface area contributed by atoms with Gasteiger partial charge in [0.25, 0.3) is 0 Å². The van der Waals surface area contributed by atoms with Crippen molar-refractivity contribution >= 4 is 11.6 Å². The van der Waals surface area contributed by atoms with Crippen LogP contribution in [0.3, 0.4) is 0 Å². The average Bonchev–Trinajstić information content (AvgIpc) is 2.34. The van der Waals surface area contributed by atoms with Crippen LogP contribution in [0.25, 0.3) is 0 Å². The highest BCUT2D eigenvalue weighted by Gasteiger charge is 2.23. The lowest BCUT2D eigenvalue weighted by Crippen LogP contribution is -2.25. The Balaban J connectivity index is 1.99. The summed E-state index contributed by atoms with van der Waals surface area (Å²) in [6, 6.07) is 3.65. The van der Waals surface area contributed by atoms with Gasteiger partial charge in [-0.2, -0.15) is 0 Å². The van der Waals surface area contributed by atoms with Gasteiger partial charge in [0.2, 0.25) is 0 Å². The first kappa shape index (κ1) is 12.8. The van der Waals surface area contributed by atoms with Crippen molar-refractivity contribution in [3.63, 3.8) is 0 Å². The number of ether oxygens (including phenoxy) is 1. The molecule has 4 heteroatoms. The quantitative estimate of drug-likeness (QED) is 0.756. The minimum atomic E-state index is -0.552. The van der Waals surface area contributed by atoms with Crippen LogP contribution >= 0.6 is 11.6 Å². The number of hydrogen-bond acceptors (Lipinski definition) is 1. The Bertz CT molecular complexity index is 378. The van der Waals surface area contributed by atoms with Crippen LogP contribution in [-0.4, -0.2) is 18.6 Å². The first-order valence-corrected chi connectivity index (χ1v) is 6.26. The molecule has 17 heavy (non-hydrogen) atoms. The first-order chi connectivity index (χ1) is 8.16. The highest BCUT2D eigenvalue weighted by Crippen LogP contribution is 2.26. The van der Waals surface area contributed by atoms with Gasteiger partial charge in [0.05, 0.1) is 0 Å². The maximum atomic E-state index is 13.5. The first-order valence-electron chi connectivity index (χ1n) is 5.82. The van der Waals surface area contributed by atoms with Crippen molar-refractivity contribution in [1.82, 2.24) is 0 Å². The van der Waals surface area contributed by atoms with Gasteiger partial charge in [0.1, 0.15) is 11.6 Å². The van der Waals surface area contributed by atoms with E-state index in [1.54, 1.807) is 0 Å². The van der Waals surface area contributed by atoms with Crippen LogP contribution in [0.1, 0.15) is 18.4 Å². The van der Waals surface area contributed by atoms with E-state index in [2.05, 4.69) is 0 Å². The molecule has 1 unspecified atom stereocenters. The third kappa shape index (κ3) is 3.39. The molecule has 0 bridgehead atoms. The molecule has 0 spiro atoms. The Morgan fingerprint density at radius 1 is 1.29 bits per heavy atom. The summed E-state index contributed by atoms with van der Waals surface area (Å²) in [7, 11) is 0. The number of hydrogen-bond donors (Lipinski definition) is 0. The molecule has 0 radical (unpaired) electrons. The number of alkyl halides is 1. The van der Waals surface area contributed by atoms with Gasteiger partial charge in [-0.3, -0.25) is 0 Å². The van der Waals surface area contributed by atoms with Gasteiger partial charge in [0, 0.05) is 24.7 Å². The zero-order valence-corrected chi connectivity index (χ0v) is 10.2. The normalized spacial score (nSPS) is 19.2. The molecule has 1 fully saturated rings. The lowest BCUT2D eigenvalue weighted by atomic mass is 9.92. The molecule has 0 amide bonds. The number of benzene rings is 1. The molecule has 2 rings (SSSR count). The molecule has 1 saturated heterocycles. The van der Waals surface area contributed by atoms with E-state index in [4.69, 9.17) is 16.3 Å². The van der Waals surface area contributed by atoms with Gasteiger partial charge in [-0.15, -0.1) is 11.6 Å². The largest absolute Gasteiger partial charge is 0.381 e. The van der Waals surface area contributed by atoms with Crippen molar-refractivity contribution < 1.29 is 13.5 Å². The van der Waals surface area contributed by atoms with E-state index in [1.165, 1.54) is 12.1 Å². The topological polar surface area (TPSA) is 9.23 Å². The minimum absolute atomic E-state index is 0.112. The van der Waals surface area contributed by atoms with E-state index in [-0.39, 0.29) is 5.38 Å². The van der Waals surface area contributed by atoms with Crippen LogP contribution in [-0.2, 0) is 11.2 Å². The van der Waals surface area contributed by atoms with E-state index in [1.807, 2.05) is 0 Å². The summed E-state index contributed by atoms with van der Waals surface area (Å²) < 4.78 is 31.5. The molecule has 0 aliphatic carbocycles. The fraction of sp³-hybridized carbons (Fsp3) is 0.538. The number of rotatable bonds is 3. The van der Waals surface area contributed by atoms with Crippen LogP contribution in [0, 0.1) is 17.6 Å². The summed E-state index contributed by atoms with van der Waals surface area (Å²) >= 11 is 6.29. The second-order valence-electron chi connectivity index (χ2n) is 4.41. The predicted molar refractivity (Wildman–Crippen MR) is 63.2 cm³/mol. The molecule has 1 aliphatic heterocycles. The van der Waals surface area contributed by atoms with Crippen molar-refractivity contribution in [1.29, 1.82) is 0 Å².